The molecular formula is C12H18N2O2. The van der Waals surface area contributed by atoms with Crippen LogP contribution in [0.25, 0.3) is 0 Å². The maximum atomic E-state index is 11.1. The van der Waals surface area contributed by atoms with Gasteiger partial charge in [-0.3, -0.25) is 4.79 Å². The summed E-state index contributed by atoms with van der Waals surface area (Å²) in [7, 11) is 0. The van der Waals surface area contributed by atoms with Gasteiger partial charge < -0.3 is 16.2 Å². The molecule has 0 aromatic heterocycles. The first-order chi connectivity index (χ1) is 7.46. The normalized spacial score (nSPS) is 14.2. The molecule has 0 aliphatic heterocycles. The van der Waals surface area contributed by atoms with Crippen LogP contribution < -0.4 is 16.2 Å². The third-order valence-corrected chi connectivity index (χ3v) is 2.52. The number of hydrogen-bond acceptors (Lipinski definition) is 3. The van der Waals surface area contributed by atoms with Crippen LogP contribution in [-0.4, -0.2) is 18.1 Å². The molecule has 4 nitrogen and oxygen atoms in total. The van der Waals surface area contributed by atoms with Gasteiger partial charge in [0.15, 0.2) is 0 Å². The molecule has 0 saturated heterocycles. The van der Waals surface area contributed by atoms with E-state index < -0.39 is 11.4 Å². The number of benzene rings is 1. The second-order valence-corrected chi connectivity index (χ2v) is 4.16. The number of carbonyl (C=O) groups is 1. The topological polar surface area (TPSA) is 78.3 Å². The molecule has 16 heavy (non-hydrogen) atoms. The summed E-state index contributed by atoms with van der Waals surface area (Å²) in [6, 6.07) is 6.89. The summed E-state index contributed by atoms with van der Waals surface area (Å²) in [5, 5.41) is 0. The van der Waals surface area contributed by atoms with E-state index in [9.17, 15) is 4.79 Å². The van der Waals surface area contributed by atoms with Crippen LogP contribution in [-0.2, 0) is 0 Å². The van der Waals surface area contributed by atoms with Crippen LogP contribution in [0.4, 0.5) is 0 Å². The van der Waals surface area contributed by atoms with Gasteiger partial charge >= 0.3 is 0 Å². The first kappa shape index (κ1) is 12.5. The van der Waals surface area contributed by atoms with Crippen LogP contribution in [0.15, 0.2) is 24.3 Å². The Labute approximate surface area is 95.6 Å². The average Bonchev–Trinajstić information content (AvgIpc) is 2.27. The van der Waals surface area contributed by atoms with Gasteiger partial charge in [-0.1, -0.05) is 19.1 Å². The minimum absolute atomic E-state index is 0.355. The maximum Gasteiger partial charge on any atom is 0.252 e. The van der Waals surface area contributed by atoms with Crippen molar-refractivity contribution in [3.8, 4) is 5.75 Å². The summed E-state index contributed by atoms with van der Waals surface area (Å²) in [6.45, 7) is 4.25. The number of hydrogen-bond donors (Lipinski definition) is 2. The molecule has 0 spiro atoms. The van der Waals surface area contributed by atoms with E-state index in [0.717, 1.165) is 6.42 Å². The molecule has 0 radical (unpaired) electrons. The van der Waals surface area contributed by atoms with Crippen LogP contribution in [0, 0.1) is 0 Å². The van der Waals surface area contributed by atoms with Gasteiger partial charge in [0.05, 0.1) is 5.56 Å². The van der Waals surface area contributed by atoms with Crippen molar-refractivity contribution in [2.24, 2.45) is 11.5 Å². The zero-order chi connectivity index (χ0) is 12.2. The van der Waals surface area contributed by atoms with E-state index in [1.807, 2.05) is 13.8 Å². The molecule has 0 aliphatic rings. The Balaban J connectivity index is 2.78. The molecule has 1 amide bonds. The van der Waals surface area contributed by atoms with Crippen molar-refractivity contribution in [1.82, 2.24) is 0 Å². The van der Waals surface area contributed by atoms with Gasteiger partial charge in [-0.25, -0.2) is 0 Å². The molecule has 1 aromatic rings. The Morgan fingerprint density at radius 2 is 2.06 bits per heavy atom. The highest BCUT2D eigenvalue weighted by Crippen LogP contribution is 2.18. The fourth-order valence-electron chi connectivity index (χ4n) is 1.14. The lowest BCUT2D eigenvalue weighted by molar-refractivity contribution is 0.0994. The first-order valence-electron chi connectivity index (χ1n) is 5.27. The zero-order valence-electron chi connectivity index (χ0n) is 9.69. The number of nitrogens with two attached hydrogens (primary N) is 2. The van der Waals surface area contributed by atoms with Crippen molar-refractivity contribution in [3.63, 3.8) is 0 Å². The average molecular weight is 222 g/mol. The molecule has 4 N–H and O–H groups in total. The Kier molecular flexibility index (Phi) is 3.90. The molecule has 4 heteroatoms. The fraction of sp³-hybridized carbons (Fsp3) is 0.417. The first-order valence-corrected chi connectivity index (χ1v) is 5.27. The quantitative estimate of drug-likeness (QED) is 0.788. The van der Waals surface area contributed by atoms with Gasteiger partial charge in [0.2, 0.25) is 0 Å². The van der Waals surface area contributed by atoms with Crippen LogP contribution >= 0.6 is 0 Å². The Hall–Kier alpha value is -1.55. The van der Waals surface area contributed by atoms with Gasteiger partial charge in [-0.05, 0) is 25.5 Å². The molecule has 0 fully saturated rings. The van der Waals surface area contributed by atoms with Crippen molar-refractivity contribution in [2.45, 2.75) is 25.8 Å². The van der Waals surface area contributed by atoms with Crippen molar-refractivity contribution in [3.05, 3.63) is 29.8 Å². The molecular weight excluding hydrogens is 204 g/mol. The summed E-state index contributed by atoms with van der Waals surface area (Å²) in [5.74, 6) is -0.00838. The lowest BCUT2D eigenvalue weighted by Crippen LogP contribution is -2.41. The van der Waals surface area contributed by atoms with E-state index >= 15 is 0 Å². The fourth-order valence-corrected chi connectivity index (χ4v) is 1.14. The Bertz CT molecular complexity index is 375. The van der Waals surface area contributed by atoms with Crippen LogP contribution in [0.2, 0.25) is 0 Å². The van der Waals surface area contributed by atoms with E-state index in [4.69, 9.17) is 16.2 Å². The second kappa shape index (κ2) is 4.99. The number of rotatable bonds is 5. The molecule has 1 unspecified atom stereocenters. The molecule has 0 bridgehead atoms. The smallest absolute Gasteiger partial charge is 0.252 e. The highest BCUT2D eigenvalue weighted by molar-refractivity contribution is 5.95. The standard InChI is InChI=1S/C12H18N2O2/c1-3-12(2,14)8-16-10-7-5-4-6-9(10)11(13)15/h4-7H,3,8,14H2,1-2H3,(H2,13,15). The van der Waals surface area contributed by atoms with Gasteiger partial charge in [0.1, 0.15) is 12.4 Å². The lowest BCUT2D eigenvalue weighted by atomic mass is 10.0. The molecule has 0 saturated carbocycles. The summed E-state index contributed by atoms with van der Waals surface area (Å²) in [4.78, 5) is 11.1. The second-order valence-electron chi connectivity index (χ2n) is 4.16. The summed E-state index contributed by atoms with van der Waals surface area (Å²) in [6.07, 6.45) is 0.797. The van der Waals surface area contributed by atoms with Gasteiger partial charge in [0, 0.05) is 5.54 Å². The molecule has 0 heterocycles. The summed E-state index contributed by atoms with van der Waals surface area (Å²) < 4.78 is 5.53. The Morgan fingerprint density at radius 1 is 1.44 bits per heavy atom. The van der Waals surface area contributed by atoms with Crippen LogP contribution in [0.5, 0.6) is 5.75 Å². The monoisotopic (exact) mass is 222 g/mol. The van der Waals surface area contributed by atoms with Gasteiger partial charge in [0.25, 0.3) is 5.91 Å². The van der Waals surface area contributed by atoms with Gasteiger partial charge in [-0.2, -0.15) is 0 Å². The van der Waals surface area contributed by atoms with E-state index in [1.165, 1.54) is 0 Å². The number of carbonyl (C=O) groups excluding carboxylic acids is 1. The lowest BCUT2D eigenvalue weighted by Gasteiger charge is -2.23. The molecule has 88 valence electrons. The number of ether oxygens (including phenoxy) is 1. The molecule has 1 aromatic carbocycles. The van der Waals surface area contributed by atoms with Crippen molar-refractivity contribution >= 4 is 5.91 Å². The van der Waals surface area contributed by atoms with E-state index in [-0.39, 0.29) is 0 Å². The zero-order valence-corrected chi connectivity index (χ0v) is 9.69. The third-order valence-electron chi connectivity index (χ3n) is 2.52. The number of para-hydroxylation sites is 1. The Morgan fingerprint density at radius 3 is 2.62 bits per heavy atom. The highest BCUT2D eigenvalue weighted by Gasteiger charge is 2.18. The van der Waals surface area contributed by atoms with Crippen molar-refractivity contribution in [2.75, 3.05) is 6.61 Å². The number of amides is 1. The van der Waals surface area contributed by atoms with E-state index in [1.54, 1.807) is 24.3 Å². The molecule has 0 aliphatic carbocycles. The predicted octanol–water partition coefficient (Wildman–Crippen LogP) is 1.29. The minimum Gasteiger partial charge on any atom is -0.491 e. The van der Waals surface area contributed by atoms with Gasteiger partial charge in [-0.15, -0.1) is 0 Å². The van der Waals surface area contributed by atoms with Crippen molar-refractivity contribution in [1.29, 1.82) is 0 Å². The largest absolute Gasteiger partial charge is 0.491 e. The molecule has 1 rings (SSSR count). The highest BCUT2D eigenvalue weighted by atomic mass is 16.5. The van der Waals surface area contributed by atoms with Crippen molar-refractivity contribution < 1.29 is 9.53 Å². The molecule has 1 atom stereocenters. The number of primary amides is 1. The minimum atomic E-state index is -0.495. The van der Waals surface area contributed by atoms with E-state index in [2.05, 4.69) is 0 Å². The summed E-state index contributed by atoms with van der Waals surface area (Å²) in [5.41, 5.74) is 11.2. The SMILES string of the molecule is CCC(C)(N)COc1ccccc1C(N)=O. The predicted molar refractivity (Wildman–Crippen MR) is 63.3 cm³/mol. The van der Waals surface area contributed by atoms with E-state index in [0.29, 0.717) is 17.9 Å². The third kappa shape index (κ3) is 3.24. The maximum absolute atomic E-state index is 11.1. The van der Waals surface area contributed by atoms with Crippen LogP contribution in [0.3, 0.4) is 0 Å². The van der Waals surface area contributed by atoms with Crippen LogP contribution in [0.1, 0.15) is 30.6 Å². The summed E-state index contributed by atoms with van der Waals surface area (Å²) >= 11 is 0.